The molecule has 1 aliphatic heterocycles. The van der Waals surface area contributed by atoms with Crippen molar-refractivity contribution in [3.8, 4) is 11.5 Å². The van der Waals surface area contributed by atoms with E-state index < -0.39 is 34.3 Å². The van der Waals surface area contributed by atoms with Crippen molar-refractivity contribution in [3.63, 3.8) is 0 Å². The van der Waals surface area contributed by atoms with Gasteiger partial charge in [-0.2, -0.15) is 0 Å². The fourth-order valence-electron chi connectivity index (χ4n) is 2.59. The van der Waals surface area contributed by atoms with Gasteiger partial charge in [-0.3, -0.25) is 14.9 Å². The summed E-state index contributed by atoms with van der Waals surface area (Å²) in [6.45, 7) is 0.291. The molecule has 9 nitrogen and oxygen atoms in total. The van der Waals surface area contributed by atoms with Crippen LogP contribution in [-0.4, -0.2) is 53.6 Å². The average molecular weight is 324 g/mol. The smallest absolute Gasteiger partial charge is 0.328 e. The summed E-state index contributed by atoms with van der Waals surface area (Å²) < 4.78 is 9.55. The quantitative estimate of drug-likeness (QED) is 0.500. The molecule has 0 bridgehead atoms. The second-order valence-corrected chi connectivity index (χ2v) is 4.98. The Morgan fingerprint density at radius 3 is 2.65 bits per heavy atom. The molecule has 1 N–H and O–H groups in total. The predicted molar refractivity (Wildman–Crippen MR) is 77.4 cm³/mol. The monoisotopic (exact) mass is 324 g/mol. The summed E-state index contributed by atoms with van der Waals surface area (Å²) in [4.78, 5) is 36.0. The molecule has 2 rings (SSSR count). The number of nitro groups is 1. The highest BCUT2D eigenvalue weighted by Gasteiger charge is 2.38. The number of phenols is 1. The molecule has 9 heteroatoms. The molecule has 1 aliphatic rings. The number of amides is 1. The van der Waals surface area contributed by atoms with Crippen LogP contribution in [-0.2, 0) is 9.53 Å². The number of ether oxygens (including phenoxy) is 2. The van der Waals surface area contributed by atoms with E-state index in [2.05, 4.69) is 4.74 Å². The zero-order chi connectivity index (χ0) is 17.1. The topological polar surface area (TPSA) is 119 Å². The van der Waals surface area contributed by atoms with E-state index in [-0.39, 0.29) is 11.3 Å². The van der Waals surface area contributed by atoms with Crippen LogP contribution in [0.25, 0.3) is 0 Å². The highest BCUT2D eigenvalue weighted by molar-refractivity contribution is 6.01. The first-order valence-corrected chi connectivity index (χ1v) is 6.85. The first kappa shape index (κ1) is 16.5. The third-order valence-electron chi connectivity index (χ3n) is 3.71. The maximum atomic E-state index is 12.7. The number of methoxy groups -OCH3 is 2. The van der Waals surface area contributed by atoms with Crippen molar-refractivity contribution in [2.45, 2.75) is 18.9 Å². The van der Waals surface area contributed by atoms with Gasteiger partial charge in [-0.05, 0) is 12.8 Å². The number of esters is 1. The number of hydrogen-bond donors (Lipinski definition) is 1. The lowest BCUT2D eigenvalue weighted by Crippen LogP contribution is -2.41. The minimum Gasteiger partial charge on any atom is -0.504 e. The van der Waals surface area contributed by atoms with Gasteiger partial charge in [0.2, 0.25) is 0 Å². The molecule has 1 aromatic rings. The molecule has 1 aromatic carbocycles. The fraction of sp³-hybridized carbons (Fsp3) is 0.429. The molecular formula is C14H16N2O7. The van der Waals surface area contributed by atoms with Crippen LogP contribution in [0.4, 0.5) is 5.69 Å². The molecular weight excluding hydrogens is 308 g/mol. The van der Waals surface area contributed by atoms with Crippen LogP contribution in [0.2, 0.25) is 0 Å². The number of carbonyl (C=O) groups is 2. The van der Waals surface area contributed by atoms with Crippen LogP contribution < -0.4 is 4.74 Å². The Kier molecular flexibility index (Phi) is 4.68. The maximum Gasteiger partial charge on any atom is 0.328 e. The molecule has 0 aliphatic carbocycles. The largest absolute Gasteiger partial charge is 0.504 e. The van der Waals surface area contributed by atoms with Crippen molar-refractivity contribution in [1.82, 2.24) is 4.90 Å². The Labute approximate surface area is 131 Å². The van der Waals surface area contributed by atoms with Crippen LogP contribution in [0.5, 0.6) is 11.5 Å². The number of hydrogen-bond acceptors (Lipinski definition) is 7. The van der Waals surface area contributed by atoms with E-state index in [4.69, 9.17) is 4.74 Å². The third kappa shape index (κ3) is 3.03. The molecule has 0 spiro atoms. The third-order valence-corrected chi connectivity index (χ3v) is 3.71. The molecule has 0 unspecified atom stereocenters. The average Bonchev–Trinajstić information content (AvgIpc) is 3.02. The van der Waals surface area contributed by atoms with Gasteiger partial charge in [0.15, 0.2) is 11.5 Å². The molecule has 1 amide bonds. The van der Waals surface area contributed by atoms with Gasteiger partial charge >= 0.3 is 5.97 Å². The Bertz CT molecular complexity index is 659. The Morgan fingerprint density at radius 2 is 2.09 bits per heavy atom. The summed E-state index contributed by atoms with van der Waals surface area (Å²) >= 11 is 0. The number of phenolic OH excluding ortho intramolecular Hbond substituents is 1. The number of nitrogens with zero attached hydrogens (tertiary/aromatic N) is 2. The first-order valence-electron chi connectivity index (χ1n) is 6.85. The summed E-state index contributed by atoms with van der Waals surface area (Å²) in [5.74, 6) is -1.75. The lowest BCUT2D eigenvalue weighted by Gasteiger charge is -2.22. The Hall–Kier alpha value is -2.84. The second-order valence-electron chi connectivity index (χ2n) is 4.98. The SMILES string of the molecule is COC(=O)[C@@H]1CCCN1C(=O)c1cc(OC)c(O)cc1[N+](=O)[O-]. The molecule has 1 saturated heterocycles. The van der Waals surface area contributed by atoms with Gasteiger partial charge in [0.05, 0.1) is 25.2 Å². The number of benzene rings is 1. The van der Waals surface area contributed by atoms with Gasteiger partial charge in [-0.15, -0.1) is 0 Å². The van der Waals surface area contributed by atoms with Gasteiger partial charge in [0, 0.05) is 12.6 Å². The molecule has 1 atom stereocenters. The minimum absolute atomic E-state index is 0.0623. The minimum atomic E-state index is -0.771. The van der Waals surface area contributed by atoms with E-state index in [0.717, 1.165) is 12.1 Å². The predicted octanol–water partition coefficient (Wildman–Crippen LogP) is 1.09. The van der Waals surface area contributed by atoms with Crippen molar-refractivity contribution in [3.05, 3.63) is 27.8 Å². The van der Waals surface area contributed by atoms with E-state index in [1.807, 2.05) is 0 Å². The highest BCUT2D eigenvalue weighted by atomic mass is 16.6. The molecule has 1 fully saturated rings. The normalized spacial score (nSPS) is 17.0. The van der Waals surface area contributed by atoms with Gasteiger partial charge in [0.25, 0.3) is 11.6 Å². The van der Waals surface area contributed by atoms with Crippen LogP contribution in [0.1, 0.15) is 23.2 Å². The number of rotatable bonds is 4. The van der Waals surface area contributed by atoms with Gasteiger partial charge in [-0.1, -0.05) is 0 Å². The maximum absolute atomic E-state index is 12.7. The summed E-state index contributed by atoms with van der Waals surface area (Å²) in [6.07, 6.45) is 1.02. The van der Waals surface area contributed by atoms with E-state index in [1.54, 1.807) is 0 Å². The van der Waals surface area contributed by atoms with E-state index in [1.165, 1.54) is 19.1 Å². The Balaban J connectivity index is 2.45. The second kappa shape index (κ2) is 6.51. The first-order chi connectivity index (χ1) is 10.9. The molecule has 0 aromatic heterocycles. The molecule has 0 saturated carbocycles. The van der Waals surface area contributed by atoms with Crippen molar-refractivity contribution >= 4 is 17.6 Å². The van der Waals surface area contributed by atoms with Crippen molar-refractivity contribution in [2.24, 2.45) is 0 Å². The summed E-state index contributed by atoms with van der Waals surface area (Å²) in [6, 6.07) is 1.18. The van der Waals surface area contributed by atoms with Crippen LogP contribution >= 0.6 is 0 Å². The van der Waals surface area contributed by atoms with Crippen molar-refractivity contribution in [1.29, 1.82) is 0 Å². The zero-order valence-corrected chi connectivity index (χ0v) is 12.6. The van der Waals surface area contributed by atoms with Crippen LogP contribution in [0.15, 0.2) is 12.1 Å². The van der Waals surface area contributed by atoms with Crippen molar-refractivity contribution < 1.29 is 29.1 Å². The lowest BCUT2D eigenvalue weighted by atomic mass is 10.1. The van der Waals surface area contributed by atoms with Gasteiger partial charge < -0.3 is 19.5 Å². The van der Waals surface area contributed by atoms with Gasteiger partial charge in [-0.25, -0.2) is 4.79 Å². The van der Waals surface area contributed by atoms with E-state index in [9.17, 15) is 24.8 Å². The van der Waals surface area contributed by atoms with Crippen LogP contribution in [0, 0.1) is 10.1 Å². The standard InChI is InChI=1S/C14H16N2O7/c1-22-12-6-8(10(16(20)21)7-11(12)17)13(18)15-5-3-4-9(15)14(19)23-2/h6-7,9,17H,3-5H2,1-2H3/t9-/m0/s1. The highest BCUT2D eigenvalue weighted by Crippen LogP contribution is 2.35. The molecule has 0 radical (unpaired) electrons. The number of carbonyl (C=O) groups excluding carboxylic acids is 2. The van der Waals surface area contributed by atoms with E-state index in [0.29, 0.717) is 19.4 Å². The fourth-order valence-corrected chi connectivity index (χ4v) is 2.59. The number of aromatic hydroxyl groups is 1. The summed E-state index contributed by atoms with van der Waals surface area (Å²) in [5, 5.41) is 20.8. The van der Waals surface area contributed by atoms with Crippen molar-refractivity contribution in [2.75, 3.05) is 20.8 Å². The molecule has 1 heterocycles. The van der Waals surface area contributed by atoms with E-state index >= 15 is 0 Å². The zero-order valence-electron chi connectivity index (χ0n) is 12.6. The molecule has 23 heavy (non-hydrogen) atoms. The number of likely N-dealkylation sites (tertiary alicyclic amines) is 1. The summed E-state index contributed by atoms with van der Waals surface area (Å²) in [7, 11) is 2.48. The lowest BCUT2D eigenvalue weighted by molar-refractivity contribution is -0.385. The van der Waals surface area contributed by atoms with Gasteiger partial charge in [0.1, 0.15) is 11.6 Å². The molecule has 124 valence electrons. The van der Waals surface area contributed by atoms with Crippen LogP contribution in [0.3, 0.4) is 0 Å². The Morgan fingerprint density at radius 1 is 1.39 bits per heavy atom. The number of nitro benzene ring substituents is 1. The summed E-state index contributed by atoms with van der Waals surface area (Å²) in [5.41, 5.74) is -0.802.